The molecule has 1 amide bonds. The first-order valence-electron chi connectivity index (χ1n) is 7.56. The first kappa shape index (κ1) is 17.3. The van der Waals surface area contributed by atoms with Crippen molar-refractivity contribution < 1.29 is 22.3 Å². The first-order chi connectivity index (χ1) is 11.8. The summed E-state index contributed by atoms with van der Waals surface area (Å²) in [5.41, 5.74) is 0.984. The molecule has 0 saturated heterocycles. The number of hydrogen-bond acceptors (Lipinski definition) is 6. The van der Waals surface area contributed by atoms with Crippen molar-refractivity contribution in [2.24, 2.45) is 0 Å². The molecular weight excluding hydrogens is 349 g/mol. The zero-order chi connectivity index (χ0) is 18.2. The highest BCUT2D eigenvalue weighted by Gasteiger charge is 2.30. The van der Waals surface area contributed by atoms with E-state index in [2.05, 4.69) is 10.2 Å². The molecule has 0 aliphatic heterocycles. The van der Waals surface area contributed by atoms with E-state index >= 15 is 0 Å². The minimum atomic E-state index is -4.37. The van der Waals surface area contributed by atoms with E-state index in [0.717, 1.165) is 25.0 Å². The van der Waals surface area contributed by atoms with Gasteiger partial charge < -0.3 is 4.74 Å². The van der Waals surface area contributed by atoms with Crippen LogP contribution in [0.5, 0.6) is 5.75 Å². The van der Waals surface area contributed by atoms with Crippen molar-refractivity contribution in [3.05, 3.63) is 47.0 Å². The Morgan fingerprint density at radius 2 is 2.00 bits per heavy atom. The Kier molecular flexibility index (Phi) is 4.42. The number of methoxy groups -OCH3 is 1. The van der Waals surface area contributed by atoms with Crippen LogP contribution in [0.2, 0.25) is 0 Å². The van der Waals surface area contributed by atoms with E-state index in [1.165, 1.54) is 19.2 Å². The fourth-order valence-electron chi connectivity index (χ4n) is 2.35. The van der Waals surface area contributed by atoms with Gasteiger partial charge in [0, 0.05) is 12.0 Å². The van der Waals surface area contributed by atoms with Gasteiger partial charge in [0.25, 0.3) is 15.9 Å². The summed E-state index contributed by atoms with van der Waals surface area (Å²) in [4.78, 5) is 11.6. The van der Waals surface area contributed by atoms with E-state index in [-0.39, 0.29) is 11.6 Å². The molecule has 0 unspecified atom stereocenters. The molecule has 0 spiro atoms. The van der Waals surface area contributed by atoms with Crippen LogP contribution in [0.3, 0.4) is 0 Å². The molecular formula is C16H16FN3O4S. The van der Waals surface area contributed by atoms with Crippen LogP contribution in [0.15, 0.2) is 29.2 Å². The van der Waals surface area contributed by atoms with Crippen LogP contribution < -0.4 is 9.46 Å². The van der Waals surface area contributed by atoms with Gasteiger partial charge in [-0.1, -0.05) is 6.07 Å². The topological polar surface area (TPSA) is 98.2 Å². The molecule has 1 aromatic heterocycles. The number of nitrogens with one attached hydrogen (secondary N) is 1. The molecule has 1 saturated carbocycles. The number of benzene rings is 1. The predicted molar refractivity (Wildman–Crippen MR) is 86.3 cm³/mol. The molecule has 0 bridgehead atoms. The van der Waals surface area contributed by atoms with Gasteiger partial charge in [-0.05, 0) is 37.5 Å². The lowest BCUT2D eigenvalue weighted by Crippen LogP contribution is -2.32. The smallest absolute Gasteiger partial charge is 0.285 e. The summed E-state index contributed by atoms with van der Waals surface area (Å²) >= 11 is 0. The summed E-state index contributed by atoms with van der Waals surface area (Å²) in [5, 5.41) is 7.72. The number of carbonyl (C=O) groups excluding carboxylic acids is 1. The van der Waals surface area contributed by atoms with Crippen LogP contribution in [-0.4, -0.2) is 31.6 Å². The highest BCUT2D eigenvalue weighted by Crippen LogP contribution is 2.42. The lowest BCUT2D eigenvalue weighted by atomic mass is 10.2. The minimum Gasteiger partial charge on any atom is -0.495 e. The number of sulfonamides is 1. The monoisotopic (exact) mass is 365 g/mol. The van der Waals surface area contributed by atoms with E-state index in [9.17, 15) is 17.6 Å². The second kappa shape index (κ2) is 6.40. The molecule has 1 aromatic carbocycles. The largest absolute Gasteiger partial charge is 0.495 e. The SMILES string of the molecule is COc1cc(C(=O)NS(=O)(=O)c2ccc(C)cc2F)nnc1C1CC1. The molecule has 1 aliphatic rings. The number of amides is 1. The van der Waals surface area contributed by atoms with Crippen molar-refractivity contribution >= 4 is 15.9 Å². The number of aromatic nitrogens is 2. The molecule has 9 heteroatoms. The lowest BCUT2D eigenvalue weighted by Gasteiger charge is -2.10. The summed E-state index contributed by atoms with van der Waals surface area (Å²) < 4.78 is 45.4. The Bertz CT molecular complexity index is 942. The van der Waals surface area contributed by atoms with Gasteiger partial charge in [0.05, 0.1) is 7.11 Å². The van der Waals surface area contributed by atoms with Gasteiger partial charge in [0.15, 0.2) is 5.69 Å². The molecule has 0 radical (unpaired) electrons. The molecule has 25 heavy (non-hydrogen) atoms. The standard InChI is InChI=1S/C16H16FN3O4S/c1-9-3-6-14(11(17)7-9)25(22,23)20-16(21)12-8-13(24-2)15(19-18-12)10-4-5-10/h3,6-8,10H,4-5H2,1-2H3,(H,20,21). The van der Waals surface area contributed by atoms with Gasteiger partial charge >= 0.3 is 0 Å². The van der Waals surface area contributed by atoms with Crippen molar-refractivity contribution in [1.82, 2.24) is 14.9 Å². The number of halogens is 1. The molecule has 1 fully saturated rings. The average molecular weight is 365 g/mol. The van der Waals surface area contributed by atoms with E-state index in [1.54, 1.807) is 11.6 Å². The third kappa shape index (κ3) is 3.60. The normalized spacial score (nSPS) is 14.2. The minimum absolute atomic E-state index is 0.225. The van der Waals surface area contributed by atoms with E-state index in [1.807, 2.05) is 0 Å². The first-order valence-corrected chi connectivity index (χ1v) is 9.05. The number of ether oxygens (including phenoxy) is 1. The summed E-state index contributed by atoms with van der Waals surface area (Å²) in [6, 6.07) is 4.95. The van der Waals surface area contributed by atoms with Crippen molar-refractivity contribution in [2.45, 2.75) is 30.6 Å². The Morgan fingerprint density at radius 1 is 1.28 bits per heavy atom. The third-order valence-electron chi connectivity index (χ3n) is 3.81. The van der Waals surface area contributed by atoms with Crippen molar-refractivity contribution in [1.29, 1.82) is 0 Å². The number of hydrogen-bond donors (Lipinski definition) is 1. The zero-order valence-electron chi connectivity index (χ0n) is 13.6. The maximum atomic E-state index is 13.9. The Labute approximate surface area is 144 Å². The van der Waals surface area contributed by atoms with Crippen LogP contribution in [0.4, 0.5) is 4.39 Å². The second-order valence-electron chi connectivity index (χ2n) is 5.83. The van der Waals surface area contributed by atoms with E-state index in [4.69, 9.17) is 4.74 Å². The Morgan fingerprint density at radius 3 is 2.60 bits per heavy atom. The molecule has 1 heterocycles. The number of aryl methyl sites for hydroxylation is 1. The second-order valence-corrected chi connectivity index (χ2v) is 7.48. The lowest BCUT2D eigenvalue weighted by molar-refractivity contribution is 0.0975. The van der Waals surface area contributed by atoms with Crippen molar-refractivity contribution in [3.63, 3.8) is 0 Å². The van der Waals surface area contributed by atoms with E-state index < -0.39 is 26.6 Å². The van der Waals surface area contributed by atoms with Gasteiger partial charge in [-0.25, -0.2) is 17.5 Å². The molecule has 2 aromatic rings. The summed E-state index contributed by atoms with van der Waals surface area (Å²) in [5.74, 6) is -1.31. The zero-order valence-corrected chi connectivity index (χ0v) is 14.4. The fraction of sp³-hybridized carbons (Fsp3) is 0.312. The number of carbonyl (C=O) groups is 1. The third-order valence-corrected chi connectivity index (χ3v) is 5.17. The summed E-state index contributed by atoms with van der Waals surface area (Å²) in [7, 11) is -2.94. The highest BCUT2D eigenvalue weighted by atomic mass is 32.2. The van der Waals surface area contributed by atoms with Gasteiger partial charge in [0.1, 0.15) is 22.2 Å². The van der Waals surface area contributed by atoms with Crippen LogP contribution in [0.1, 0.15) is 40.5 Å². The molecule has 3 rings (SSSR count). The van der Waals surface area contributed by atoms with Crippen LogP contribution >= 0.6 is 0 Å². The van der Waals surface area contributed by atoms with Crippen molar-refractivity contribution in [3.8, 4) is 5.75 Å². The van der Waals surface area contributed by atoms with E-state index in [0.29, 0.717) is 17.0 Å². The van der Waals surface area contributed by atoms with Crippen LogP contribution in [-0.2, 0) is 10.0 Å². The van der Waals surface area contributed by atoms with Gasteiger partial charge in [0.2, 0.25) is 0 Å². The van der Waals surface area contributed by atoms with Crippen LogP contribution in [0.25, 0.3) is 0 Å². The van der Waals surface area contributed by atoms with Gasteiger partial charge in [-0.15, -0.1) is 5.10 Å². The maximum Gasteiger partial charge on any atom is 0.285 e. The molecule has 132 valence electrons. The highest BCUT2D eigenvalue weighted by molar-refractivity contribution is 7.90. The number of rotatable bonds is 5. The van der Waals surface area contributed by atoms with Crippen molar-refractivity contribution in [2.75, 3.05) is 7.11 Å². The maximum absolute atomic E-state index is 13.9. The predicted octanol–water partition coefficient (Wildman–Crippen LogP) is 1.93. The molecule has 7 nitrogen and oxygen atoms in total. The molecule has 1 aliphatic carbocycles. The number of nitrogens with zero attached hydrogens (tertiary/aromatic N) is 2. The summed E-state index contributed by atoms with van der Waals surface area (Å²) in [6.45, 7) is 1.63. The van der Waals surface area contributed by atoms with Crippen LogP contribution in [0, 0.1) is 12.7 Å². The van der Waals surface area contributed by atoms with Gasteiger partial charge in [-0.2, -0.15) is 5.10 Å². The van der Waals surface area contributed by atoms with Gasteiger partial charge in [-0.3, -0.25) is 4.79 Å². The average Bonchev–Trinajstić information content (AvgIpc) is 3.38. The Hall–Kier alpha value is -2.55. The Balaban J connectivity index is 1.86. The fourth-order valence-corrected chi connectivity index (χ4v) is 3.37. The summed E-state index contributed by atoms with van der Waals surface area (Å²) in [6.07, 6.45) is 1.94. The quantitative estimate of drug-likeness (QED) is 0.869. The molecule has 0 atom stereocenters. The molecule has 1 N–H and O–H groups in total.